The van der Waals surface area contributed by atoms with Crippen LogP contribution < -0.4 is 20.7 Å². The predicted molar refractivity (Wildman–Crippen MR) is 399 cm³/mol. The second-order valence-electron chi connectivity index (χ2n) is 32.2. The van der Waals surface area contributed by atoms with E-state index in [1.54, 1.807) is 24.8 Å². The van der Waals surface area contributed by atoms with Crippen LogP contribution in [0.2, 0.25) is 0 Å². The van der Waals surface area contributed by atoms with Gasteiger partial charge in [0.15, 0.2) is 0 Å². The van der Waals surface area contributed by atoms with Crippen molar-refractivity contribution < 1.29 is 80.2 Å². The number of rotatable bonds is 10. The Balaban J connectivity index is 1.17. The van der Waals surface area contributed by atoms with Crippen LogP contribution in [0.5, 0.6) is 5.75 Å². The summed E-state index contributed by atoms with van der Waals surface area (Å²) < 4.78 is 54.0. The molecule has 9 aliphatic rings. The summed E-state index contributed by atoms with van der Waals surface area (Å²) in [6.07, 6.45) is 4.04. The minimum absolute atomic E-state index is 0.00374. The van der Waals surface area contributed by atoms with Crippen LogP contribution in [0.3, 0.4) is 0 Å². The molecule has 11 rings (SSSR count). The first-order chi connectivity index (χ1) is 51.6. The average molecular weight is 1530 g/mol. The second-order valence-corrected chi connectivity index (χ2v) is 32.2. The van der Waals surface area contributed by atoms with Crippen LogP contribution in [-0.2, 0) is 87.7 Å². The lowest BCUT2D eigenvalue weighted by molar-refractivity contribution is -0.161. The number of hydrogen-bond donors (Lipinski definition) is 3. The smallest absolute Gasteiger partial charge is 0.419 e. The standard InChI is InChI=1S/C80H115F3N12O14/c1-13-50(3)67-75(105)88(7)47-66(98)90(9)59-29-19-16-22-40-94(74(59)104)62-41-52-32-30-51(31-33-52)25-17-15-18-28-58(69(99)85-67)89(8)65(97)44-61(73(103)93-38-23-24-39-93)91(10)76(106)68(54-26-20-21-27-54)92(11)77(107)79(48-78(4,5)49-79)86-70(100)60-43-55(109-14-2)45-95(60)71(101)57(84-64(96)46-87(6)72(62)102)37-35-53-34-36-56(80(81,82)83)63(42-53)108-12/h16,19,30-34,36,42,50,54-55,57-62,67-68H,13-15,17-18,20-29,35,37-41,43-49H2,1-12H3,(H,84,96)(H,85,99)(H,86,100)/b19-16-/t50-,55+,57-,58-,59-,60-,61-,62+,67-,68-/m0/s1. The van der Waals surface area contributed by atoms with Gasteiger partial charge in [0, 0.05) is 87.9 Å². The van der Waals surface area contributed by atoms with Gasteiger partial charge in [-0.1, -0.05) is 102 Å². The van der Waals surface area contributed by atoms with Crippen LogP contribution in [0.25, 0.3) is 0 Å². The maximum absolute atomic E-state index is 15.9. The van der Waals surface area contributed by atoms with Gasteiger partial charge in [-0.05, 0) is 136 Å². The number of methoxy groups -OCH3 is 1. The number of amides is 12. The molecule has 26 nitrogen and oxygen atoms in total. The van der Waals surface area contributed by atoms with E-state index in [4.69, 9.17) is 9.47 Å². The van der Waals surface area contributed by atoms with Crippen molar-refractivity contribution in [3.05, 3.63) is 76.9 Å². The fourth-order valence-electron chi connectivity index (χ4n) is 17.4. The lowest BCUT2D eigenvalue weighted by atomic mass is 9.58. The third-order valence-electron chi connectivity index (χ3n) is 23.7. The molecule has 2 saturated heterocycles. The molecule has 29 heteroatoms. The van der Waals surface area contributed by atoms with Gasteiger partial charge in [-0.15, -0.1) is 0 Å². The lowest BCUT2D eigenvalue weighted by Gasteiger charge is -2.54. The van der Waals surface area contributed by atoms with E-state index in [-0.39, 0.29) is 71.1 Å². The molecule has 0 radical (unpaired) electrons. The van der Waals surface area contributed by atoms with Crippen molar-refractivity contribution in [2.24, 2.45) is 17.3 Å². The summed E-state index contributed by atoms with van der Waals surface area (Å²) in [4.78, 5) is 196. The fourth-order valence-corrected chi connectivity index (χ4v) is 17.4. The Hall–Kier alpha value is -8.63. The number of halogens is 3. The normalized spacial score (nSPS) is 27.8. The van der Waals surface area contributed by atoms with Gasteiger partial charge >= 0.3 is 6.18 Å². The summed E-state index contributed by atoms with van der Waals surface area (Å²) in [5.74, 6) is -9.43. The summed E-state index contributed by atoms with van der Waals surface area (Å²) in [7, 11) is 9.73. The molecule has 7 heterocycles. The third kappa shape index (κ3) is 19.9. The van der Waals surface area contributed by atoms with Crippen LogP contribution >= 0.6 is 0 Å². The van der Waals surface area contributed by atoms with E-state index in [1.807, 2.05) is 51.1 Å². The first-order valence-corrected chi connectivity index (χ1v) is 39.1. The molecule has 4 fully saturated rings. The SMILES string of the molecule is CCO[C@@H]1C[C@H]2C(=O)NC3(CC(C)(C)C3)C(=O)N(C)[C@@H](C3CCCC3)C(=O)N(C)[C@H](C(=O)N3CCCC3)CC(=O)N(C)[C@H]3CCCCCc4ccc(cc4)C[C@H](C(=O)N(C)CC(=O)N[C@@H](CCc4ccc(C(F)(F)F)c(OC)c4)C(=O)N2C1)N1CC/C=C\C[C@@H](C1=O)N(C)C(=O)CN(C)C(=O)[C@H]([C@@H](C)CC)NC3=O. The van der Waals surface area contributed by atoms with Crippen molar-refractivity contribution in [2.75, 3.05) is 95.3 Å². The number of carbonyl (C=O) groups is 12. The minimum atomic E-state index is -4.78. The van der Waals surface area contributed by atoms with Crippen LogP contribution in [0.1, 0.15) is 172 Å². The number of alkyl halides is 3. The zero-order valence-electron chi connectivity index (χ0n) is 65.7. The molecular weight excluding hydrogens is 1410 g/mol. The number of fused-ring (bicyclic) bond motifs is 22. The van der Waals surface area contributed by atoms with Crippen molar-refractivity contribution in [3.8, 4) is 5.75 Å². The Morgan fingerprint density at radius 3 is 1.94 bits per heavy atom. The molecule has 6 bridgehead atoms. The number of nitrogens with one attached hydrogen (secondary N) is 3. The summed E-state index contributed by atoms with van der Waals surface area (Å²) in [6.45, 7) is 8.67. The van der Waals surface area contributed by atoms with Gasteiger partial charge in [0.05, 0.1) is 38.3 Å². The molecule has 1 spiro atoms. The monoisotopic (exact) mass is 1520 g/mol. The predicted octanol–water partition coefficient (Wildman–Crippen LogP) is 5.69. The molecule has 0 unspecified atom stereocenters. The van der Waals surface area contributed by atoms with Gasteiger partial charge < -0.3 is 69.5 Å². The molecule has 0 aromatic heterocycles. The van der Waals surface area contributed by atoms with Crippen LogP contribution in [-0.4, -0.2) is 270 Å². The molecule has 109 heavy (non-hydrogen) atoms. The molecule has 600 valence electrons. The van der Waals surface area contributed by atoms with E-state index < -0.39 is 185 Å². The molecule has 12 amide bonds. The fraction of sp³-hybridized carbons (Fsp3) is 0.675. The zero-order valence-corrected chi connectivity index (χ0v) is 65.7. The second kappa shape index (κ2) is 36.5. The summed E-state index contributed by atoms with van der Waals surface area (Å²) in [5, 5.41) is 8.89. The van der Waals surface area contributed by atoms with Gasteiger partial charge in [-0.25, -0.2) is 0 Å². The highest BCUT2D eigenvalue weighted by molar-refractivity contribution is 6.01. The highest BCUT2D eigenvalue weighted by atomic mass is 19.4. The largest absolute Gasteiger partial charge is 0.496 e. The summed E-state index contributed by atoms with van der Waals surface area (Å²) in [5.41, 5.74) is -1.39. The number of benzene rings is 2. The third-order valence-corrected chi connectivity index (χ3v) is 23.7. The number of likely N-dealkylation sites (tertiary alicyclic amines) is 1. The van der Waals surface area contributed by atoms with E-state index >= 15 is 43.2 Å². The quantitative estimate of drug-likeness (QED) is 0.190. The first kappa shape index (κ1) is 84.4. The number of ether oxygens (including phenoxy) is 2. The Morgan fingerprint density at radius 1 is 0.642 bits per heavy atom. The number of aryl methyl sites for hydroxylation is 2. The number of carbonyl (C=O) groups excluding carboxylic acids is 12. The Labute approximate surface area is 639 Å². The molecule has 2 saturated carbocycles. The van der Waals surface area contributed by atoms with Gasteiger partial charge in [-0.3, -0.25) is 57.5 Å². The molecule has 3 N–H and O–H groups in total. The van der Waals surface area contributed by atoms with Gasteiger partial charge in [0.1, 0.15) is 59.6 Å². The molecule has 2 aliphatic carbocycles. The van der Waals surface area contributed by atoms with Crippen molar-refractivity contribution >= 4 is 70.9 Å². The van der Waals surface area contributed by atoms with Gasteiger partial charge in [0.25, 0.3) is 0 Å². The van der Waals surface area contributed by atoms with Crippen LogP contribution in [0.4, 0.5) is 13.2 Å². The topological polar surface area (TPSA) is 289 Å². The molecule has 2 aromatic carbocycles. The van der Waals surface area contributed by atoms with Crippen LogP contribution in [0.15, 0.2) is 54.6 Å². The lowest BCUT2D eigenvalue weighted by Crippen LogP contribution is -2.71. The van der Waals surface area contributed by atoms with Gasteiger partial charge in [-0.2, -0.15) is 13.2 Å². The maximum atomic E-state index is 15.9. The Morgan fingerprint density at radius 2 is 1.29 bits per heavy atom. The van der Waals surface area contributed by atoms with E-state index in [2.05, 4.69) is 16.0 Å². The van der Waals surface area contributed by atoms with Crippen molar-refractivity contribution in [1.82, 2.24) is 60.0 Å². The number of nitrogens with zero attached hydrogens (tertiary/aromatic N) is 9. The van der Waals surface area contributed by atoms with E-state index in [9.17, 15) is 27.6 Å². The molecule has 2 aromatic rings. The van der Waals surface area contributed by atoms with E-state index in [0.717, 1.165) is 36.5 Å². The molecular formula is C80H115F3N12O14. The Kier molecular flexibility index (Phi) is 28.2. The average Bonchev–Trinajstić information content (AvgIpc) is 1.32. The number of likely N-dealkylation sites (N-methyl/N-ethyl adjacent to an activating group) is 6. The highest BCUT2D eigenvalue weighted by Crippen LogP contribution is 2.50. The van der Waals surface area contributed by atoms with Crippen molar-refractivity contribution in [3.63, 3.8) is 0 Å². The van der Waals surface area contributed by atoms with E-state index in [1.165, 1.54) is 88.7 Å². The van der Waals surface area contributed by atoms with Crippen LogP contribution in [0, 0.1) is 17.3 Å². The summed E-state index contributed by atoms with van der Waals surface area (Å²) in [6, 6.07) is 0.316. The molecule has 10 atom stereocenters. The maximum Gasteiger partial charge on any atom is 0.419 e. The van der Waals surface area contributed by atoms with Gasteiger partial charge in [0.2, 0.25) is 70.9 Å². The first-order valence-electron chi connectivity index (χ1n) is 39.1. The van der Waals surface area contributed by atoms with E-state index in [0.29, 0.717) is 88.4 Å². The zero-order chi connectivity index (χ0) is 79.6. The molecule has 7 aliphatic heterocycles. The van der Waals surface area contributed by atoms with Crippen molar-refractivity contribution in [2.45, 2.75) is 236 Å². The highest BCUT2D eigenvalue weighted by Gasteiger charge is 2.59. The Bertz CT molecular complexity index is 3680. The summed E-state index contributed by atoms with van der Waals surface area (Å²) >= 11 is 0. The minimum Gasteiger partial charge on any atom is -0.496 e. The number of hydrogen-bond acceptors (Lipinski definition) is 14. The van der Waals surface area contributed by atoms with Crippen molar-refractivity contribution in [1.29, 1.82) is 0 Å².